The molecule has 1 aromatic rings. The molecule has 24 heavy (non-hydrogen) atoms. The van der Waals surface area contributed by atoms with Crippen molar-refractivity contribution in [1.29, 1.82) is 0 Å². The molecule has 6 nitrogen and oxygen atoms in total. The molecule has 2 fully saturated rings. The molecule has 3 rings (SSSR count). The van der Waals surface area contributed by atoms with Crippen LogP contribution in [0.1, 0.15) is 23.2 Å². The molecule has 1 unspecified atom stereocenters. The Morgan fingerprint density at radius 1 is 1.38 bits per heavy atom. The minimum absolute atomic E-state index is 0. The molecule has 1 atom stereocenters. The van der Waals surface area contributed by atoms with Crippen LogP contribution in [0.3, 0.4) is 0 Å². The molecule has 1 amide bonds. The first-order valence-corrected chi connectivity index (χ1v) is 8.11. The van der Waals surface area contributed by atoms with Gasteiger partial charge in [0.25, 0.3) is 5.91 Å². The number of ether oxygens (including phenoxy) is 1. The van der Waals surface area contributed by atoms with Gasteiger partial charge in [0.1, 0.15) is 5.82 Å². The van der Waals surface area contributed by atoms with E-state index in [0.717, 1.165) is 45.0 Å². The fraction of sp³-hybridized carbons (Fsp3) is 0.625. The van der Waals surface area contributed by atoms with Crippen molar-refractivity contribution < 1.29 is 9.53 Å². The lowest BCUT2D eigenvalue weighted by Gasteiger charge is -2.29. The summed E-state index contributed by atoms with van der Waals surface area (Å²) in [7, 11) is 0. The maximum Gasteiger partial charge on any atom is 0.255 e. The molecule has 0 bridgehead atoms. The molecule has 0 radical (unpaired) electrons. The van der Waals surface area contributed by atoms with E-state index in [1.165, 1.54) is 6.42 Å². The Kier molecular flexibility index (Phi) is 9.36. The number of pyridine rings is 1. The number of morpholine rings is 1. The number of carbonyl (C=O) groups excluding carboxylic acids is 1. The van der Waals surface area contributed by atoms with Gasteiger partial charge >= 0.3 is 0 Å². The van der Waals surface area contributed by atoms with Crippen molar-refractivity contribution in [2.75, 3.05) is 50.8 Å². The molecule has 2 aliphatic rings. The first kappa shape index (κ1) is 21.0. The van der Waals surface area contributed by atoms with Gasteiger partial charge in [0, 0.05) is 25.8 Å². The minimum Gasteiger partial charge on any atom is -0.378 e. The monoisotopic (exact) mass is 376 g/mol. The van der Waals surface area contributed by atoms with Gasteiger partial charge in [-0.2, -0.15) is 0 Å². The van der Waals surface area contributed by atoms with Crippen molar-refractivity contribution in [1.82, 2.24) is 15.6 Å². The van der Waals surface area contributed by atoms with Crippen LogP contribution >= 0.6 is 24.8 Å². The highest BCUT2D eigenvalue weighted by Crippen LogP contribution is 2.18. The second-order valence-corrected chi connectivity index (χ2v) is 5.88. The highest BCUT2D eigenvalue weighted by Gasteiger charge is 2.20. The second-order valence-electron chi connectivity index (χ2n) is 5.88. The largest absolute Gasteiger partial charge is 0.378 e. The van der Waals surface area contributed by atoms with Crippen LogP contribution in [-0.2, 0) is 4.74 Å². The van der Waals surface area contributed by atoms with Crippen LogP contribution in [0.5, 0.6) is 0 Å². The summed E-state index contributed by atoms with van der Waals surface area (Å²) < 4.78 is 5.37. The Balaban J connectivity index is 0.00000144. The van der Waals surface area contributed by atoms with E-state index in [1.54, 1.807) is 6.20 Å². The maximum atomic E-state index is 12.5. The van der Waals surface area contributed by atoms with Crippen LogP contribution in [0.2, 0.25) is 0 Å². The van der Waals surface area contributed by atoms with Crippen LogP contribution in [0.25, 0.3) is 0 Å². The third-order valence-electron chi connectivity index (χ3n) is 4.34. The maximum absolute atomic E-state index is 12.5. The fourth-order valence-electron chi connectivity index (χ4n) is 3.05. The lowest BCUT2D eigenvalue weighted by molar-refractivity contribution is 0.0949. The van der Waals surface area contributed by atoms with Crippen LogP contribution < -0.4 is 15.5 Å². The minimum atomic E-state index is -0.0273. The standard InChI is InChI=1S/C16H24N4O2.2ClH/c21-16(19-7-4-13-3-6-17-12-13)14-2-1-5-18-15(14)20-8-10-22-11-9-20;;/h1-2,5,13,17H,3-4,6-12H2,(H,19,21);2*1H. The smallest absolute Gasteiger partial charge is 0.255 e. The Morgan fingerprint density at radius 3 is 2.88 bits per heavy atom. The molecule has 3 heterocycles. The van der Waals surface area contributed by atoms with E-state index < -0.39 is 0 Å². The Morgan fingerprint density at radius 2 is 2.17 bits per heavy atom. The van der Waals surface area contributed by atoms with E-state index in [1.807, 2.05) is 12.1 Å². The van der Waals surface area contributed by atoms with Gasteiger partial charge in [-0.05, 0) is 44.0 Å². The molecular weight excluding hydrogens is 351 g/mol. The molecule has 2 saturated heterocycles. The summed E-state index contributed by atoms with van der Waals surface area (Å²) in [5.74, 6) is 1.43. The molecule has 136 valence electrons. The number of aromatic nitrogens is 1. The predicted molar refractivity (Wildman–Crippen MR) is 99.7 cm³/mol. The van der Waals surface area contributed by atoms with E-state index in [9.17, 15) is 4.79 Å². The number of rotatable bonds is 5. The third-order valence-corrected chi connectivity index (χ3v) is 4.34. The highest BCUT2D eigenvalue weighted by molar-refractivity contribution is 5.98. The van der Waals surface area contributed by atoms with E-state index in [2.05, 4.69) is 20.5 Å². The summed E-state index contributed by atoms with van der Waals surface area (Å²) in [5.41, 5.74) is 0.661. The third kappa shape index (κ3) is 5.48. The second kappa shape index (κ2) is 10.7. The molecule has 0 saturated carbocycles. The Bertz CT molecular complexity index is 507. The zero-order valence-corrected chi connectivity index (χ0v) is 15.3. The number of nitrogens with zero attached hydrogens (tertiary/aromatic N) is 2. The number of hydrogen-bond donors (Lipinski definition) is 2. The quantitative estimate of drug-likeness (QED) is 0.814. The zero-order valence-electron chi connectivity index (χ0n) is 13.7. The lowest BCUT2D eigenvalue weighted by atomic mass is 10.1. The van der Waals surface area contributed by atoms with Crippen molar-refractivity contribution in [3.8, 4) is 0 Å². The molecular formula is C16H26Cl2N4O2. The number of anilines is 1. The number of amides is 1. The van der Waals surface area contributed by atoms with E-state index in [-0.39, 0.29) is 30.7 Å². The molecule has 2 aliphatic heterocycles. The van der Waals surface area contributed by atoms with Gasteiger partial charge < -0.3 is 20.3 Å². The number of halogens is 2. The van der Waals surface area contributed by atoms with Gasteiger partial charge in [-0.3, -0.25) is 4.79 Å². The van der Waals surface area contributed by atoms with Crippen LogP contribution in [0.4, 0.5) is 5.82 Å². The lowest BCUT2D eigenvalue weighted by Crippen LogP contribution is -2.38. The van der Waals surface area contributed by atoms with Crippen molar-refractivity contribution in [3.05, 3.63) is 23.9 Å². The van der Waals surface area contributed by atoms with Gasteiger partial charge in [-0.15, -0.1) is 24.8 Å². The van der Waals surface area contributed by atoms with Gasteiger partial charge in [0.15, 0.2) is 0 Å². The summed E-state index contributed by atoms with van der Waals surface area (Å²) >= 11 is 0. The molecule has 0 spiro atoms. The summed E-state index contributed by atoms with van der Waals surface area (Å²) in [6.45, 7) is 5.83. The highest BCUT2D eigenvalue weighted by atomic mass is 35.5. The van der Waals surface area contributed by atoms with Crippen molar-refractivity contribution >= 4 is 36.5 Å². The topological polar surface area (TPSA) is 66.5 Å². The van der Waals surface area contributed by atoms with Gasteiger partial charge in [-0.1, -0.05) is 0 Å². The number of carbonyl (C=O) groups is 1. The Hall–Kier alpha value is -1.08. The average Bonchev–Trinajstić information content (AvgIpc) is 3.09. The van der Waals surface area contributed by atoms with Crippen molar-refractivity contribution in [2.24, 2.45) is 5.92 Å². The summed E-state index contributed by atoms with van der Waals surface area (Å²) in [6.07, 6.45) is 3.99. The first-order chi connectivity index (χ1) is 10.8. The summed E-state index contributed by atoms with van der Waals surface area (Å²) in [5, 5.41) is 6.39. The number of hydrogen-bond acceptors (Lipinski definition) is 5. The normalized spacial score (nSPS) is 20.0. The van der Waals surface area contributed by atoms with E-state index >= 15 is 0 Å². The molecule has 2 N–H and O–H groups in total. The first-order valence-electron chi connectivity index (χ1n) is 8.11. The summed E-state index contributed by atoms with van der Waals surface area (Å²) in [6, 6.07) is 3.67. The van der Waals surface area contributed by atoms with Gasteiger partial charge in [0.2, 0.25) is 0 Å². The van der Waals surface area contributed by atoms with E-state index in [0.29, 0.717) is 24.7 Å². The van der Waals surface area contributed by atoms with Crippen LogP contribution in [0, 0.1) is 5.92 Å². The van der Waals surface area contributed by atoms with Crippen LogP contribution in [-0.4, -0.2) is 56.8 Å². The van der Waals surface area contributed by atoms with Crippen molar-refractivity contribution in [3.63, 3.8) is 0 Å². The average molecular weight is 377 g/mol. The SMILES string of the molecule is Cl.Cl.O=C(NCCC1CCNC1)c1cccnc1N1CCOCC1. The summed E-state index contributed by atoms with van der Waals surface area (Å²) in [4.78, 5) is 19.0. The van der Waals surface area contributed by atoms with E-state index in [4.69, 9.17) is 4.74 Å². The fourth-order valence-corrected chi connectivity index (χ4v) is 3.05. The van der Waals surface area contributed by atoms with Gasteiger partial charge in [-0.25, -0.2) is 4.98 Å². The molecule has 1 aromatic heterocycles. The predicted octanol–water partition coefficient (Wildman–Crippen LogP) is 1.49. The molecule has 8 heteroatoms. The molecule has 0 aliphatic carbocycles. The van der Waals surface area contributed by atoms with Crippen molar-refractivity contribution in [2.45, 2.75) is 12.8 Å². The van der Waals surface area contributed by atoms with Gasteiger partial charge in [0.05, 0.1) is 18.8 Å². The molecule has 0 aromatic carbocycles. The Labute approximate surface area is 155 Å². The number of nitrogens with one attached hydrogen (secondary N) is 2. The van der Waals surface area contributed by atoms with Crippen LogP contribution in [0.15, 0.2) is 18.3 Å². The zero-order chi connectivity index (χ0) is 15.2.